The highest BCUT2D eigenvalue weighted by atomic mass is 16.8. The molecule has 0 aromatic heterocycles. The van der Waals surface area contributed by atoms with Crippen LogP contribution in [0.4, 0.5) is 0 Å². The summed E-state index contributed by atoms with van der Waals surface area (Å²) in [5.41, 5.74) is 0. The van der Waals surface area contributed by atoms with Gasteiger partial charge >= 0.3 is 0 Å². The molecule has 46 heavy (non-hydrogen) atoms. The number of hydrogen-bond donors (Lipinski definition) is 6. The van der Waals surface area contributed by atoms with Crippen molar-refractivity contribution in [2.75, 3.05) is 40.1 Å². The molecule has 3 fully saturated rings. The van der Waals surface area contributed by atoms with Gasteiger partial charge in [-0.25, -0.2) is 0 Å². The van der Waals surface area contributed by atoms with Crippen LogP contribution in [0.1, 0.15) is 66.2 Å². The lowest BCUT2D eigenvalue weighted by Gasteiger charge is -2.49. The van der Waals surface area contributed by atoms with Crippen molar-refractivity contribution in [2.45, 2.75) is 158 Å². The quantitative estimate of drug-likeness (QED) is 0.0967. The van der Waals surface area contributed by atoms with Crippen LogP contribution in [0.5, 0.6) is 0 Å². The minimum atomic E-state index is -1.66. The van der Waals surface area contributed by atoms with Gasteiger partial charge < -0.3 is 73.3 Å². The van der Waals surface area contributed by atoms with E-state index in [-0.39, 0.29) is 0 Å². The molecule has 3 aliphatic rings. The van der Waals surface area contributed by atoms with Gasteiger partial charge in [0.05, 0.1) is 19.3 Å². The Kier molecular flexibility index (Phi) is 17.5. The zero-order valence-electron chi connectivity index (χ0n) is 27.8. The number of unbranched alkanes of at least 4 members (excludes halogenated alkanes) is 3. The SMILES string of the molecule is CCCCOC1[C@H](OCCCC)C(C)O[C@@H](O[C@H]2C(O)[C@@H](O)C(CO)O[C@H]2O[C@@H]2C(CO)O[C@@H](OC)[C@@H](O)C2O)[C@H]1OCCCC. The Balaban J connectivity index is 1.92. The molecule has 0 saturated carbocycles. The number of hydrogen-bond acceptors (Lipinski definition) is 15. The first-order chi connectivity index (χ1) is 22.2. The molecule has 3 rings (SSSR count). The summed E-state index contributed by atoms with van der Waals surface area (Å²) in [5.74, 6) is 0. The first kappa shape index (κ1) is 39.8. The second kappa shape index (κ2) is 20.2. The minimum Gasteiger partial charge on any atom is -0.394 e. The maximum atomic E-state index is 11.3. The third-order valence-corrected chi connectivity index (χ3v) is 8.61. The molecule has 0 spiro atoms. The second-order valence-electron chi connectivity index (χ2n) is 12.1. The van der Waals surface area contributed by atoms with Gasteiger partial charge in [-0.2, -0.15) is 0 Å². The number of aliphatic hydroxyl groups excluding tert-OH is 6. The third kappa shape index (κ3) is 9.98. The zero-order chi connectivity index (χ0) is 33.8. The van der Waals surface area contributed by atoms with Gasteiger partial charge in [-0.3, -0.25) is 0 Å². The Morgan fingerprint density at radius 1 is 0.522 bits per heavy atom. The van der Waals surface area contributed by atoms with E-state index < -0.39 is 105 Å². The molecule has 0 bridgehead atoms. The van der Waals surface area contributed by atoms with Crippen LogP contribution in [0.25, 0.3) is 0 Å². The number of methoxy groups -OCH3 is 1. The summed E-state index contributed by atoms with van der Waals surface area (Å²) in [7, 11) is 1.27. The fraction of sp³-hybridized carbons (Fsp3) is 1.00. The van der Waals surface area contributed by atoms with Crippen molar-refractivity contribution >= 4 is 0 Å². The Hall–Kier alpha value is -0.600. The molecule has 0 aromatic rings. The van der Waals surface area contributed by atoms with Gasteiger partial charge in [0.2, 0.25) is 0 Å². The van der Waals surface area contributed by atoms with Gasteiger partial charge in [-0.1, -0.05) is 40.0 Å². The second-order valence-corrected chi connectivity index (χ2v) is 12.1. The average Bonchev–Trinajstić information content (AvgIpc) is 3.05. The molecule has 6 unspecified atom stereocenters. The predicted octanol–water partition coefficient (Wildman–Crippen LogP) is -0.418. The summed E-state index contributed by atoms with van der Waals surface area (Å²) in [6.45, 7) is 8.04. The Bertz CT molecular complexity index is 823. The van der Waals surface area contributed by atoms with Crippen molar-refractivity contribution in [1.82, 2.24) is 0 Å². The highest BCUT2D eigenvalue weighted by molar-refractivity contribution is 4.97. The molecule has 0 radical (unpaired) electrons. The fourth-order valence-electron chi connectivity index (χ4n) is 5.81. The Morgan fingerprint density at radius 2 is 1.00 bits per heavy atom. The molecule has 3 aliphatic heterocycles. The van der Waals surface area contributed by atoms with Crippen molar-refractivity contribution < 1.29 is 73.3 Å². The normalized spacial score (nSPS) is 41.9. The molecule has 3 heterocycles. The average molecular weight is 671 g/mol. The number of ether oxygens (including phenoxy) is 9. The molecule has 3 saturated heterocycles. The molecule has 15 nitrogen and oxygen atoms in total. The minimum absolute atomic E-state index is 0.370. The standard InChI is InChI=1S/C31H58O15/c1-6-9-12-39-24-17(4)42-31(28(41-14-11-8-3)27(24)40-13-10-7-2)46-26-21(35)20(34)18(15-32)43-30(26)45-25-19(16-33)44-29(38-5)23(37)22(25)36/h17-37H,6-16H2,1-5H3/t17?,18?,19?,20-,21?,22?,23-,24+,25+,26-,27?,28-,29+,30-,31-/m0/s1. The smallest absolute Gasteiger partial charge is 0.187 e. The van der Waals surface area contributed by atoms with E-state index >= 15 is 0 Å². The monoisotopic (exact) mass is 670 g/mol. The molecule has 272 valence electrons. The maximum absolute atomic E-state index is 11.3. The lowest BCUT2D eigenvalue weighted by Crippen LogP contribution is -2.67. The van der Waals surface area contributed by atoms with Crippen molar-refractivity contribution in [3.8, 4) is 0 Å². The molecular formula is C31H58O15. The van der Waals surface area contributed by atoms with E-state index in [1.807, 2.05) is 13.8 Å². The van der Waals surface area contributed by atoms with E-state index in [1.165, 1.54) is 7.11 Å². The van der Waals surface area contributed by atoms with Crippen LogP contribution < -0.4 is 0 Å². The van der Waals surface area contributed by atoms with E-state index in [9.17, 15) is 30.6 Å². The highest BCUT2D eigenvalue weighted by Crippen LogP contribution is 2.35. The van der Waals surface area contributed by atoms with Crippen LogP contribution in [-0.2, 0) is 42.6 Å². The zero-order valence-corrected chi connectivity index (χ0v) is 27.8. The summed E-state index contributed by atoms with van der Waals surface area (Å²) < 4.78 is 54.1. The van der Waals surface area contributed by atoms with Gasteiger partial charge in [0.15, 0.2) is 18.9 Å². The molecule has 0 aromatic carbocycles. The lowest BCUT2D eigenvalue weighted by atomic mass is 9.96. The first-order valence-electron chi connectivity index (χ1n) is 16.8. The van der Waals surface area contributed by atoms with Crippen molar-refractivity contribution in [1.29, 1.82) is 0 Å². The van der Waals surface area contributed by atoms with E-state index in [2.05, 4.69) is 13.8 Å². The van der Waals surface area contributed by atoms with Gasteiger partial charge in [-0.05, 0) is 26.2 Å². The number of aliphatic hydroxyl groups is 6. The van der Waals surface area contributed by atoms with Gasteiger partial charge in [0.1, 0.15) is 67.1 Å². The van der Waals surface area contributed by atoms with E-state index in [0.717, 1.165) is 38.5 Å². The third-order valence-electron chi connectivity index (χ3n) is 8.61. The van der Waals surface area contributed by atoms with Crippen molar-refractivity contribution in [3.05, 3.63) is 0 Å². The van der Waals surface area contributed by atoms with Crippen molar-refractivity contribution in [2.24, 2.45) is 0 Å². The maximum Gasteiger partial charge on any atom is 0.187 e. The van der Waals surface area contributed by atoms with Crippen LogP contribution >= 0.6 is 0 Å². The van der Waals surface area contributed by atoms with Crippen molar-refractivity contribution in [3.63, 3.8) is 0 Å². The number of rotatable bonds is 19. The van der Waals surface area contributed by atoms with Gasteiger partial charge in [0, 0.05) is 26.9 Å². The Morgan fingerprint density at radius 3 is 1.54 bits per heavy atom. The molecule has 15 atom stereocenters. The van der Waals surface area contributed by atoms with E-state index in [1.54, 1.807) is 0 Å². The summed E-state index contributed by atoms with van der Waals surface area (Å²) in [5, 5.41) is 63.4. The van der Waals surface area contributed by atoms with Crippen LogP contribution in [0, 0.1) is 0 Å². The van der Waals surface area contributed by atoms with Crippen LogP contribution in [0.3, 0.4) is 0 Å². The van der Waals surface area contributed by atoms with E-state index in [0.29, 0.717) is 19.8 Å². The lowest BCUT2D eigenvalue weighted by molar-refractivity contribution is -0.390. The fourth-order valence-corrected chi connectivity index (χ4v) is 5.81. The Labute approximate surface area is 271 Å². The summed E-state index contributed by atoms with van der Waals surface area (Å²) in [4.78, 5) is 0. The highest BCUT2D eigenvalue weighted by Gasteiger charge is 2.54. The summed E-state index contributed by atoms with van der Waals surface area (Å²) in [6, 6.07) is 0. The molecule has 15 heteroatoms. The summed E-state index contributed by atoms with van der Waals surface area (Å²) in [6.07, 6.45) is -12.9. The van der Waals surface area contributed by atoms with E-state index in [4.69, 9.17) is 42.6 Å². The molecule has 0 aliphatic carbocycles. The topological polar surface area (TPSA) is 204 Å². The van der Waals surface area contributed by atoms with Crippen LogP contribution in [-0.4, -0.2) is 163 Å². The van der Waals surface area contributed by atoms with Gasteiger partial charge in [0.25, 0.3) is 0 Å². The first-order valence-corrected chi connectivity index (χ1v) is 16.8. The largest absolute Gasteiger partial charge is 0.394 e. The summed E-state index contributed by atoms with van der Waals surface area (Å²) >= 11 is 0. The molecular weight excluding hydrogens is 612 g/mol. The molecule has 0 amide bonds. The van der Waals surface area contributed by atoms with Crippen LogP contribution in [0.15, 0.2) is 0 Å². The molecule has 6 N–H and O–H groups in total. The van der Waals surface area contributed by atoms with Crippen LogP contribution in [0.2, 0.25) is 0 Å². The predicted molar refractivity (Wildman–Crippen MR) is 161 cm³/mol. The van der Waals surface area contributed by atoms with Gasteiger partial charge in [-0.15, -0.1) is 0 Å².